The van der Waals surface area contributed by atoms with Crippen LogP contribution in [0.5, 0.6) is 0 Å². The van der Waals surface area contributed by atoms with Gasteiger partial charge in [-0.25, -0.2) is 0 Å². The Balaban J connectivity index is 2.06. The van der Waals surface area contributed by atoms with Gasteiger partial charge in [-0.2, -0.15) is 0 Å². The minimum absolute atomic E-state index is 0.569. The summed E-state index contributed by atoms with van der Waals surface area (Å²) in [6, 6.07) is 0.851. The molecule has 5 atom stereocenters. The molecule has 2 rings (SSSR count). The first-order valence-electron chi connectivity index (χ1n) is 12.7. The zero-order valence-corrected chi connectivity index (χ0v) is 19.6. The molecular formula is C26H51N. The zero-order chi connectivity index (χ0) is 19.7. The maximum Gasteiger partial charge on any atom is 0.0123 e. The van der Waals surface area contributed by atoms with Crippen molar-refractivity contribution in [3.05, 3.63) is 0 Å². The van der Waals surface area contributed by atoms with Crippen molar-refractivity contribution in [1.29, 1.82) is 0 Å². The van der Waals surface area contributed by atoms with Gasteiger partial charge < -0.3 is 4.90 Å². The summed E-state index contributed by atoms with van der Waals surface area (Å²) in [5.74, 6) is 2.79. The first-order chi connectivity index (χ1) is 13.0. The second-order valence-electron chi connectivity index (χ2n) is 10.7. The molecule has 5 unspecified atom stereocenters. The molecule has 1 aliphatic carbocycles. The van der Waals surface area contributed by atoms with Crippen LogP contribution in [0.1, 0.15) is 124 Å². The maximum absolute atomic E-state index is 2.79. The summed E-state index contributed by atoms with van der Waals surface area (Å²) in [6.07, 6.45) is 21.9. The lowest BCUT2D eigenvalue weighted by atomic mass is 9.66. The van der Waals surface area contributed by atoms with Crippen molar-refractivity contribution in [2.24, 2.45) is 23.2 Å². The van der Waals surface area contributed by atoms with E-state index in [0.717, 1.165) is 23.8 Å². The van der Waals surface area contributed by atoms with E-state index in [1.165, 1.54) is 103 Å². The molecule has 1 saturated carbocycles. The summed E-state index contributed by atoms with van der Waals surface area (Å²) >= 11 is 0. The topological polar surface area (TPSA) is 3.24 Å². The molecule has 0 aromatic heterocycles. The van der Waals surface area contributed by atoms with E-state index >= 15 is 0 Å². The lowest BCUT2D eigenvalue weighted by molar-refractivity contribution is 0.0776. The standard InChI is InChI=1S/C26H51N/c1-6-8-9-10-14-19-26(4,7-2)24-16-13-11-12-15-23-18-17-22(3)21-27(5)25(23)20-24/h22-25H,6-21H2,1-5H3. The molecular weight excluding hydrogens is 326 g/mol. The molecule has 0 aromatic rings. The van der Waals surface area contributed by atoms with Gasteiger partial charge in [-0.05, 0) is 68.7 Å². The van der Waals surface area contributed by atoms with Gasteiger partial charge in [-0.15, -0.1) is 0 Å². The quantitative estimate of drug-likeness (QED) is 0.386. The summed E-state index contributed by atoms with van der Waals surface area (Å²) in [4.78, 5) is 2.79. The molecule has 0 amide bonds. The lowest BCUT2D eigenvalue weighted by Gasteiger charge is -2.42. The van der Waals surface area contributed by atoms with Crippen molar-refractivity contribution in [3.8, 4) is 0 Å². The van der Waals surface area contributed by atoms with Crippen LogP contribution in [-0.2, 0) is 0 Å². The Morgan fingerprint density at radius 1 is 0.889 bits per heavy atom. The first kappa shape index (κ1) is 23.2. The average Bonchev–Trinajstić information content (AvgIpc) is 2.73. The molecule has 0 radical (unpaired) electrons. The Morgan fingerprint density at radius 2 is 1.63 bits per heavy atom. The van der Waals surface area contributed by atoms with Crippen LogP contribution in [0, 0.1) is 23.2 Å². The summed E-state index contributed by atoms with van der Waals surface area (Å²) in [5.41, 5.74) is 0.569. The highest BCUT2D eigenvalue weighted by atomic mass is 15.1. The highest BCUT2D eigenvalue weighted by molar-refractivity contribution is 4.91. The normalized spacial score (nSPS) is 33.2. The van der Waals surface area contributed by atoms with E-state index in [0.29, 0.717) is 5.41 Å². The van der Waals surface area contributed by atoms with E-state index in [1.54, 1.807) is 0 Å². The van der Waals surface area contributed by atoms with E-state index in [2.05, 4.69) is 39.6 Å². The number of nitrogens with zero attached hydrogens (tertiary/aromatic N) is 1. The number of unbranched alkanes of at least 4 members (excludes halogenated alkanes) is 4. The fourth-order valence-electron chi connectivity index (χ4n) is 6.30. The predicted octanol–water partition coefficient (Wildman–Crippen LogP) is 8.08. The van der Waals surface area contributed by atoms with Crippen molar-refractivity contribution < 1.29 is 0 Å². The molecule has 1 aliphatic heterocycles. The monoisotopic (exact) mass is 377 g/mol. The highest BCUT2D eigenvalue weighted by Gasteiger charge is 2.38. The SMILES string of the molecule is CCCCCCCC(C)(CC)C1CCCCCC2CCC(C)CN(C)C2C1. The van der Waals surface area contributed by atoms with E-state index in [-0.39, 0.29) is 0 Å². The van der Waals surface area contributed by atoms with Crippen LogP contribution in [0.4, 0.5) is 0 Å². The number of rotatable bonds is 8. The fraction of sp³-hybridized carbons (Fsp3) is 1.00. The van der Waals surface area contributed by atoms with Crippen LogP contribution in [0.15, 0.2) is 0 Å². The van der Waals surface area contributed by atoms with Gasteiger partial charge in [0.05, 0.1) is 0 Å². The largest absolute Gasteiger partial charge is 0.303 e. The summed E-state index contributed by atoms with van der Waals surface area (Å²) in [6.45, 7) is 11.3. The van der Waals surface area contributed by atoms with Gasteiger partial charge in [0.25, 0.3) is 0 Å². The Hall–Kier alpha value is -0.0400. The number of hydrogen-bond acceptors (Lipinski definition) is 1. The van der Waals surface area contributed by atoms with Crippen LogP contribution in [0.2, 0.25) is 0 Å². The smallest absolute Gasteiger partial charge is 0.0123 e. The third-order valence-corrected chi connectivity index (χ3v) is 8.54. The highest BCUT2D eigenvalue weighted by Crippen LogP contribution is 2.45. The second kappa shape index (κ2) is 11.8. The molecule has 2 aliphatic rings. The van der Waals surface area contributed by atoms with Gasteiger partial charge in [0, 0.05) is 12.6 Å². The molecule has 2 fully saturated rings. The van der Waals surface area contributed by atoms with Crippen LogP contribution < -0.4 is 0 Å². The first-order valence-corrected chi connectivity index (χ1v) is 12.7. The van der Waals surface area contributed by atoms with Crippen LogP contribution >= 0.6 is 0 Å². The van der Waals surface area contributed by atoms with E-state index in [4.69, 9.17) is 0 Å². The van der Waals surface area contributed by atoms with E-state index in [1.807, 2.05) is 0 Å². The van der Waals surface area contributed by atoms with Crippen molar-refractivity contribution in [3.63, 3.8) is 0 Å². The van der Waals surface area contributed by atoms with Gasteiger partial charge in [0.1, 0.15) is 0 Å². The third-order valence-electron chi connectivity index (χ3n) is 8.54. The minimum Gasteiger partial charge on any atom is -0.303 e. The van der Waals surface area contributed by atoms with E-state index < -0.39 is 0 Å². The van der Waals surface area contributed by atoms with Gasteiger partial charge in [-0.3, -0.25) is 0 Å². The van der Waals surface area contributed by atoms with Crippen molar-refractivity contribution in [1.82, 2.24) is 4.90 Å². The number of fused-ring (bicyclic) bond motifs is 1. The summed E-state index contributed by atoms with van der Waals surface area (Å²) < 4.78 is 0. The average molecular weight is 378 g/mol. The molecule has 1 heteroatoms. The molecule has 27 heavy (non-hydrogen) atoms. The Kier molecular flexibility index (Phi) is 10.2. The molecule has 1 nitrogen and oxygen atoms in total. The molecule has 0 bridgehead atoms. The molecule has 0 spiro atoms. The van der Waals surface area contributed by atoms with Crippen molar-refractivity contribution in [2.45, 2.75) is 130 Å². The van der Waals surface area contributed by atoms with Gasteiger partial charge in [0.2, 0.25) is 0 Å². The number of hydrogen-bond donors (Lipinski definition) is 0. The zero-order valence-electron chi connectivity index (χ0n) is 19.6. The van der Waals surface area contributed by atoms with Crippen LogP contribution in [0.3, 0.4) is 0 Å². The Labute approximate surface area is 172 Å². The van der Waals surface area contributed by atoms with E-state index in [9.17, 15) is 0 Å². The fourth-order valence-corrected chi connectivity index (χ4v) is 6.30. The summed E-state index contributed by atoms with van der Waals surface area (Å²) in [5, 5.41) is 0. The van der Waals surface area contributed by atoms with Crippen molar-refractivity contribution >= 4 is 0 Å². The second-order valence-corrected chi connectivity index (χ2v) is 10.7. The lowest BCUT2D eigenvalue weighted by Crippen LogP contribution is -2.41. The summed E-state index contributed by atoms with van der Waals surface area (Å²) in [7, 11) is 2.45. The van der Waals surface area contributed by atoms with Crippen molar-refractivity contribution in [2.75, 3.05) is 13.6 Å². The predicted molar refractivity (Wildman–Crippen MR) is 121 cm³/mol. The molecule has 1 heterocycles. The molecule has 0 N–H and O–H groups in total. The maximum atomic E-state index is 2.79. The van der Waals surface area contributed by atoms with Crippen LogP contribution in [-0.4, -0.2) is 24.5 Å². The van der Waals surface area contributed by atoms with Gasteiger partial charge in [0.15, 0.2) is 0 Å². The third kappa shape index (κ3) is 7.06. The minimum atomic E-state index is 0.569. The molecule has 160 valence electrons. The molecule has 1 saturated heterocycles. The van der Waals surface area contributed by atoms with Gasteiger partial charge >= 0.3 is 0 Å². The molecule has 0 aromatic carbocycles. The Morgan fingerprint density at radius 3 is 2.37 bits per heavy atom. The number of likely N-dealkylation sites (tertiary alicyclic amines) is 1. The van der Waals surface area contributed by atoms with Gasteiger partial charge in [-0.1, -0.05) is 85.5 Å². The van der Waals surface area contributed by atoms with Crippen LogP contribution in [0.25, 0.3) is 0 Å². The Bertz CT molecular complexity index is 392.